The molecule has 0 spiro atoms. The van der Waals surface area contributed by atoms with Gasteiger partial charge in [0.05, 0.1) is 52.4 Å². The molecule has 2 heterocycles. The normalized spacial score (nSPS) is 14.9. The molecule has 0 fully saturated rings. The molecule has 4 aromatic carbocycles. The molecule has 0 unspecified atom stereocenters. The van der Waals surface area contributed by atoms with E-state index in [2.05, 4.69) is 4.74 Å². The number of para-hydroxylation sites is 2. The molecule has 2 amide bonds. The summed E-state index contributed by atoms with van der Waals surface area (Å²) >= 11 is 2.59. The van der Waals surface area contributed by atoms with Gasteiger partial charge in [0, 0.05) is 22.3 Å². The van der Waals surface area contributed by atoms with Gasteiger partial charge in [0.25, 0.3) is 11.8 Å². The average Bonchev–Trinajstić information content (AvgIpc) is 3.67. The molecule has 0 N–H and O–H groups in total. The number of hydrogen-bond donors (Lipinski definition) is 0. The van der Waals surface area contributed by atoms with E-state index in [4.69, 9.17) is 4.74 Å². The van der Waals surface area contributed by atoms with Crippen LogP contribution < -0.4 is 19.3 Å². The Morgan fingerprint density at radius 2 is 1.30 bits per heavy atom. The molecule has 10 nitrogen and oxygen atoms in total. The maximum absolute atomic E-state index is 13.5. The van der Waals surface area contributed by atoms with E-state index in [1.807, 2.05) is 12.1 Å². The first-order chi connectivity index (χ1) is 25.1. The molecule has 20 heteroatoms. The molecule has 0 saturated carbocycles. The molecule has 4 aromatic rings. The summed E-state index contributed by atoms with van der Waals surface area (Å²) in [6.07, 6.45) is -7.30. The van der Waals surface area contributed by atoms with Crippen molar-refractivity contribution in [1.29, 1.82) is 0 Å². The quantitative estimate of drug-likeness (QED) is 0.141. The zero-order valence-electron chi connectivity index (χ0n) is 28.4. The number of alkyl halides is 6. The lowest BCUT2D eigenvalue weighted by Crippen LogP contribution is -2.31. The molecule has 2 aliphatic heterocycles. The van der Waals surface area contributed by atoms with Crippen molar-refractivity contribution in [3.05, 3.63) is 95.1 Å². The van der Waals surface area contributed by atoms with E-state index in [1.54, 1.807) is 18.4 Å². The summed E-state index contributed by atoms with van der Waals surface area (Å²) in [6, 6.07) is 16.4. The smallest absolute Gasteiger partial charge is 0.420 e. The van der Waals surface area contributed by atoms with Crippen LogP contribution in [0.3, 0.4) is 0 Å². The number of sulfone groups is 2. The van der Waals surface area contributed by atoms with Crippen molar-refractivity contribution in [3.63, 3.8) is 0 Å². The fourth-order valence-electron chi connectivity index (χ4n) is 5.63. The van der Waals surface area contributed by atoms with Crippen molar-refractivity contribution < 1.29 is 62.2 Å². The summed E-state index contributed by atoms with van der Waals surface area (Å²) in [7, 11) is -5.99. The Labute approximate surface area is 314 Å². The van der Waals surface area contributed by atoms with Gasteiger partial charge in [-0.2, -0.15) is 26.3 Å². The number of carbonyl (C=O) groups excluding carboxylic acids is 2. The zero-order valence-corrected chi connectivity index (χ0v) is 31.7. The van der Waals surface area contributed by atoms with Gasteiger partial charge in [-0.05, 0) is 54.8 Å². The van der Waals surface area contributed by atoms with E-state index in [0.29, 0.717) is 23.9 Å². The third-order valence-corrected chi connectivity index (χ3v) is 12.5. The van der Waals surface area contributed by atoms with Crippen molar-refractivity contribution >= 4 is 66.4 Å². The molecule has 54 heavy (non-hydrogen) atoms. The van der Waals surface area contributed by atoms with Gasteiger partial charge in [0.2, 0.25) is 0 Å². The third kappa shape index (κ3) is 8.01. The summed E-state index contributed by atoms with van der Waals surface area (Å²) in [5.41, 5.74) is -2.32. The minimum absolute atomic E-state index is 0.00258. The van der Waals surface area contributed by atoms with Gasteiger partial charge >= 0.3 is 12.4 Å². The van der Waals surface area contributed by atoms with Crippen LogP contribution in [0.4, 0.5) is 37.7 Å². The number of methoxy groups -OCH3 is 2. The number of ether oxygens (including phenoxy) is 2. The molecule has 0 atom stereocenters. The fraction of sp³-hybridized carbons (Fsp3) is 0.235. The summed E-state index contributed by atoms with van der Waals surface area (Å²) in [5, 5.41) is 0. The van der Waals surface area contributed by atoms with Crippen LogP contribution in [-0.4, -0.2) is 67.1 Å². The van der Waals surface area contributed by atoms with Gasteiger partial charge in [0.15, 0.2) is 19.7 Å². The second-order valence-electron chi connectivity index (χ2n) is 11.5. The van der Waals surface area contributed by atoms with Crippen molar-refractivity contribution in [2.24, 2.45) is 0 Å². The molecule has 0 saturated heterocycles. The highest BCUT2D eigenvalue weighted by Crippen LogP contribution is 2.45. The Kier molecular flexibility index (Phi) is 11.3. The van der Waals surface area contributed by atoms with Gasteiger partial charge in [-0.1, -0.05) is 24.3 Å². The summed E-state index contributed by atoms with van der Waals surface area (Å²) in [4.78, 5) is 28.3. The largest absolute Gasteiger partial charge is 0.495 e. The van der Waals surface area contributed by atoms with E-state index in [9.17, 15) is 52.8 Å². The average molecular weight is 835 g/mol. The lowest BCUT2D eigenvalue weighted by atomic mass is 10.1. The van der Waals surface area contributed by atoms with Crippen LogP contribution in [0.15, 0.2) is 92.4 Å². The first kappa shape index (κ1) is 40.8. The number of benzene rings is 4. The minimum Gasteiger partial charge on any atom is -0.495 e. The van der Waals surface area contributed by atoms with Crippen LogP contribution in [0.5, 0.6) is 11.5 Å². The Hall–Kier alpha value is -4.40. The van der Waals surface area contributed by atoms with Crippen LogP contribution in [0.25, 0.3) is 0 Å². The second kappa shape index (κ2) is 15.0. The molecule has 0 radical (unpaired) electrons. The molecule has 288 valence electrons. The number of fused-ring (bicyclic) bond motifs is 2. The van der Waals surface area contributed by atoms with E-state index in [1.165, 1.54) is 54.1 Å². The standard InChI is InChI=1S/C17H14F3NO6S2.C17H14F3NO2S2/c1-27-15-11(17(18,19)20)7-10(8-14(15)28(2,23)24)16(22)21-9-29(25,26)13-6-4-3-5-12(13)21;1-23-15-11(17(18,19)20)7-10(8-14(15)24-2)16(22)21-9-25-13-6-4-3-5-12(13)21/h3-8H,9H2,1-2H3;3-8H,9H2,1-2H3. The summed E-state index contributed by atoms with van der Waals surface area (Å²) < 4.78 is 139. The molecular weight excluding hydrogens is 807 g/mol. The van der Waals surface area contributed by atoms with Gasteiger partial charge in [-0.15, -0.1) is 23.5 Å². The number of anilines is 2. The van der Waals surface area contributed by atoms with Crippen LogP contribution in [0, 0.1) is 0 Å². The monoisotopic (exact) mass is 834 g/mol. The molecule has 2 aliphatic rings. The van der Waals surface area contributed by atoms with Crippen LogP contribution in [-0.2, 0) is 32.0 Å². The first-order valence-electron chi connectivity index (χ1n) is 15.1. The molecule has 6 rings (SSSR count). The summed E-state index contributed by atoms with van der Waals surface area (Å²) in [5.74, 6) is -3.14. The number of halogens is 6. The topological polar surface area (TPSA) is 127 Å². The number of thioether (sulfide) groups is 2. The van der Waals surface area contributed by atoms with Crippen LogP contribution in [0.2, 0.25) is 0 Å². The molecular formula is C34H28F6N2O8S4. The van der Waals surface area contributed by atoms with E-state index >= 15 is 0 Å². The lowest BCUT2D eigenvalue weighted by molar-refractivity contribution is -0.139. The number of hydrogen-bond acceptors (Lipinski definition) is 10. The summed E-state index contributed by atoms with van der Waals surface area (Å²) in [6.45, 7) is 0. The van der Waals surface area contributed by atoms with E-state index in [0.717, 1.165) is 40.8 Å². The van der Waals surface area contributed by atoms with E-state index in [-0.39, 0.29) is 26.8 Å². The van der Waals surface area contributed by atoms with Crippen molar-refractivity contribution in [1.82, 2.24) is 0 Å². The predicted molar refractivity (Wildman–Crippen MR) is 190 cm³/mol. The fourth-order valence-corrected chi connectivity index (χ4v) is 9.66. The maximum atomic E-state index is 13.5. The van der Waals surface area contributed by atoms with Crippen molar-refractivity contribution in [3.8, 4) is 11.5 Å². The Bertz CT molecular complexity index is 2370. The predicted octanol–water partition coefficient (Wildman–Crippen LogP) is 7.66. The Balaban J connectivity index is 0.000000210. The Morgan fingerprint density at radius 1 is 0.778 bits per heavy atom. The number of nitrogens with zero attached hydrogens (tertiary/aromatic N) is 2. The number of rotatable bonds is 6. The van der Waals surface area contributed by atoms with Crippen LogP contribution >= 0.6 is 23.5 Å². The van der Waals surface area contributed by atoms with Gasteiger partial charge in [-0.3, -0.25) is 19.4 Å². The SMILES string of the molecule is COc1c(C(F)(F)F)cc(C(=O)N2CS(=O)(=O)c3ccccc32)cc1S(C)(=O)=O.COc1c(SC)cc(C(=O)N2CSc3ccccc32)cc1C(F)(F)F. The van der Waals surface area contributed by atoms with Crippen molar-refractivity contribution in [2.75, 3.05) is 48.3 Å². The van der Waals surface area contributed by atoms with Gasteiger partial charge in [-0.25, -0.2) is 16.8 Å². The van der Waals surface area contributed by atoms with E-state index < -0.39 is 77.1 Å². The third-order valence-electron chi connectivity index (χ3n) is 8.03. The highest BCUT2D eigenvalue weighted by atomic mass is 32.2. The highest BCUT2D eigenvalue weighted by molar-refractivity contribution is 8.00. The zero-order chi connectivity index (χ0) is 40.0. The number of carbonyl (C=O) groups is 2. The van der Waals surface area contributed by atoms with Gasteiger partial charge in [0.1, 0.15) is 22.3 Å². The molecule has 0 aliphatic carbocycles. The van der Waals surface area contributed by atoms with Gasteiger partial charge < -0.3 is 9.47 Å². The Morgan fingerprint density at radius 3 is 1.85 bits per heavy atom. The highest BCUT2D eigenvalue weighted by Gasteiger charge is 2.41. The van der Waals surface area contributed by atoms with Crippen molar-refractivity contribution in [2.45, 2.75) is 31.9 Å². The lowest BCUT2D eigenvalue weighted by Gasteiger charge is -2.20. The second-order valence-corrected chi connectivity index (χ2v) is 17.2. The molecule has 0 aromatic heterocycles. The first-order valence-corrected chi connectivity index (χ1v) is 20.9. The number of amides is 2. The maximum Gasteiger partial charge on any atom is 0.420 e. The van der Waals surface area contributed by atoms with Crippen LogP contribution in [0.1, 0.15) is 31.8 Å². The molecule has 0 bridgehead atoms. The minimum atomic E-state index is -5.02.